The molecule has 2 aliphatic carbocycles. The zero-order chi connectivity index (χ0) is 6.01. The molecule has 1 heterocycles. The van der Waals surface area contributed by atoms with E-state index >= 15 is 0 Å². The second-order valence-electron chi connectivity index (χ2n) is 3.10. The van der Waals surface area contributed by atoms with Crippen LogP contribution in [0.25, 0.3) is 0 Å². The lowest BCUT2D eigenvalue weighted by molar-refractivity contribution is -0.121. The zero-order valence-corrected chi connectivity index (χ0v) is 4.87. The van der Waals surface area contributed by atoms with Gasteiger partial charge in [-0.05, 0) is 5.92 Å². The predicted octanol–water partition coefficient (Wildman–Crippen LogP) is -0.0832. The van der Waals surface area contributed by atoms with Crippen molar-refractivity contribution in [3.05, 3.63) is 12.2 Å². The molecule has 0 aromatic heterocycles. The highest BCUT2D eigenvalue weighted by atomic mass is 16.2. The first kappa shape index (κ1) is 4.09. The van der Waals surface area contributed by atoms with Crippen molar-refractivity contribution in [1.82, 2.24) is 5.32 Å². The van der Waals surface area contributed by atoms with Crippen LogP contribution in [0.5, 0.6) is 0 Å². The van der Waals surface area contributed by atoms with Crippen molar-refractivity contribution in [3.63, 3.8) is 0 Å². The highest BCUT2D eigenvalue weighted by Crippen LogP contribution is 2.57. The Morgan fingerprint density at radius 2 is 2.33 bits per heavy atom. The topological polar surface area (TPSA) is 29.1 Å². The molecule has 3 aliphatic rings. The third-order valence-corrected chi connectivity index (χ3v) is 2.70. The largest absolute Gasteiger partial charge is 0.349 e. The van der Waals surface area contributed by atoms with Crippen LogP contribution in [0.15, 0.2) is 12.2 Å². The van der Waals surface area contributed by atoms with Gasteiger partial charge in [0.15, 0.2) is 0 Å². The second-order valence-corrected chi connectivity index (χ2v) is 3.10. The van der Waals surface area contributed by atoms with Gasteiger partial charge in [0.1, 0.15) is 0 Å². The molecule has 0 radical (unpaired) electrons. The first-order valence-corrected chi connectivity index (χ1v) is 3.36. The van der Waals surface area contributed by atoms with Crippen molar-refractivity contribution in [3.8, 4) is 0 Å². The maximum Gasteiger partial charge on any atom is 0.224 e. The van der Waals surface area contributed by atoms with Gasteiger partial charge in [0.05, 0.1) is 12.0 Å². The van der Waals surface area contributed by atoms with Crippen molar-refractivity contribution in [1.29, 1.82) is 0 Å². The molecular weight excluding hydrogens is 114 g/mol. The van der Waals surface area contributed by atoms with Crippen LogP contribution in [-0.4, -0.2) is 11.9 Å². The third-order valence-electron chi connectivity index (χ3n) is 2.70. The van der Waals surface area contributed by atoms with Gasteiger partial charge in [-0.25, -0.2) is 0 Å². The Kier molecular flexibility index (Phi) is 0.427. The lowest BCUT2D eigenvalue weighted by Gasteiger charge is -2.01. The molecule has 3 rings (SSSR count). The summed E-state index contributed by atoms with van der Waals surface area (Å²) in [5.41, 5.74) is 0. The number of nitrogens with one attached hydrogen (secondary N) is 1. The van der Waals surface area contributed by atoms with E-state index < -0.39 is 0 Å². The van der Waals surface area contributed by atoms with Crippen LogP contribution < -0.4 is 5.32 Å². The molecule has 0 aromatic carbocycles. The molecule has 0 aromatic rings. The number of piperidine rings is 1. The Hall–Kier alpha value is -0.790. The molecule has 0 bridgehead atoms. The lowest BCUT2D eigenvalue weighted by atomic mass is 10.2. The summed E-state index contributed by atoms with van der Waals surface area (Å²) in [7, 11) is 0. The van der Waals surface area contributed by atoms with E-state index in [0.717, 1.165) is 0 Å². The molecule has 1 amide bonds. The second kappa shape index (κ2) is 0.939. The number of fused-ring (bicyclic) bond motifs is 1. The van der Waals surface area contributed by atoms with Gasteiger partial charge in [-0.3, -0.25) is 4.79 Å². The van der Waals surface area contributed by atoms with Crippen LogP contribution in [0.2, 0.25) is 0 Å². The van der Waals surface area contributed by atoms with E-state index in [2.05, 4.69) is 17.5 Å². The van der Waals surface area contributed by atoms with Gasteiger partial charge >= 0.3 is 0 Å². The molecule has 0 spiro atoms. The van der Waals surface area contributed by atoms with Crippen LogP contribution in [0.3, 0.4) is 0 Å². The van der Waals surface area contributed by atoms with Crippen molar-refractivity contribution in [2.75, 3.05) is 0 Å². The summed E-state index contributed by atoms with van der Waals surface area (Å²) in [5.74, 6) is 1.95. The number of hydrogen-bond donors (Lipinski definition) is 1. The van der Waals surface area contributed by atoms with E-state index in [0.29, 0.717) is 23.8 Å². The minimum Gasteiger partial charge on any atom is -0.349 e. The van der Waals surface area contributed by atoms with Crippen molar-refractivity contribution in [2.24, 2.45) is 17.8 Å². The Balaban J connectivity index is 2.12. The molecule has 1 saturated carbocycles. The van der Waals surface area contributed by atoms with Crippen LogP contribution in [0.1, 0.15) is 0 Å². The molecular formula is C7H7NO. The fourth-order valence-electron chi connectivity index (χ4n) is 2.20. The fraction of sp³-hybridized carbons (Fsp3) is 0.571. The third kappa shape index (κ3) is 0.285. The number of hydrogen-bond acceptors (Lipinski definition) is 1. The number of carbonyl (C=O) groups excluding carboxylic acids is 1. The molecule has 2 nitrogen and oxygen atoms in total. The van der Waals surface area contributed by atoms with Gasteiger partial charge in [-0.15, -0.1) is 0 Å². The van der Waals surface area contributed by atoms with E-state index in [1.54, 1.807) is 0 Å². The molecule has 2 heteroatoms. The van der Waals surface area contributed by atoms with Crippen molar-refractivity contribution in [2.45, 2.75) is 6.04 Å². The Morgan fingerprint density at radius 1 is 1.44 bits per heavy atom. The van der Waals surface area contributed by atoms with Crippen LogP contribution in [-0.2, 0) is 4.79 Å². The average molecular weight is 121 g/mol. The standard InChI is InChI=1S/C7H7NO/c9-7-6-3-1-2-4(8-7)5(3)6/h1-6H,(H,8,9). The minimum absolute atomic E-state index is 0.278. The summed E-state index contributed by atoms with van der Waals surface area (Å²) in [6.07, 6.45) is 4.30. The maximum absolute atomic E-state index is 10.9. The highest BCUT2D eigenvalue weighted by Gasteiger charge is 2.64. The predicted molar refractivity (Wildman–Crippen MR) is 31.5 cm³/mol. The van der Waals surface area contributed by atoms with E-state index in [9.17, 15) is 4.79 Å². The lowest BCUT2D eigenvalue weighted by Crippen LogP contribution is -2.27. The maximum atomic E-state index is 10.9. The van der Waals surface area contributed by atoms with Crippen LogP contribution >= 0.6 is 0 Å². The van der Waals surface area contributed by atoms with E-state index in [1.807, 2.05) is 0 Å². The van der Waals surface area contributed by atoms with Crippen LogP contribution in [0.4, 0.5) is 0 Å². The summed E-state index contributed by atoms with van der Waals surface area (Å²) in [6, 6.07) is 0.410. The molecule has 4 unspecified atom stereocenters. The Bertz CT molecular complexity index is 219. The SMILES string of the molecule is O=C1NC2C=CC3C1C23. The quantitative estimate of drug-likeness (QED) is 0.446. The molecule has 1 saturated heterocycles. The summed E-state index contributed by atoms with van der Waals surface area (Å²) in [6.45, 7) is 0. The monoisotopic (exact) mass is 121 g/mol. The number of carbonyl (C=O) groups is 1. The molecule has 9 heavy (non-hydrogen) atoms. The summed E-state index contributed by atoms with van der Waals surface area (Å²) in [5, 5.41) is 2.92. The van der Waals surface area contributed by atoms with Gasteiger partial charge in [-0.2, -0.15) is 0 Å². The highest BCUT2D eigenvalue weighted by molar-refractivity contribution is 5.87. The van der Waals surface area contributed by atoms with E-state index in [-0.39, 0.29) is 5.91 Å². The Labute approximate surface area is 52.9 Å². The number of allylic oxidation sites excluding steroid dienone is 1. The van der Waals surface area contributed by atoms with Crippen molar-refractivity contribution < 1.29 is 4.79 Å². The van der Waals surface area contributed by atoms with E-state index in [1.165, 1.54) is 0 Å². The van der Waals surface area contributed by atoms with Gasteiger partial charge in [0.2, 0.25) is 5.91 Å². The summed E-state index contributed by atoms with van der Waals surface area (Å²) < 4.78 is 0. The smallest absolute Gasteiger partial charge is 0.224 e. The normalized spacial score (nSPS) is 57.6. The number of rotatable bonds is 0. The molecule has 1 N–H and O–H groups in total. The molecule has 46 valence electrons. The minimum atomic E-state index is 0.278. The average Bonchev–Trinajstić information content (AvgIpc) is 2.34. The number of amides is 1. The molecule has 4 atom stereocenters. The van der Waals surface area contributed by atoms with Crippen molar-refractivity contribution >= 4 is 5.91 Å². The zero-order valence-electron chi connectivity index (χ0n) is 4.87. The molecule has 2 fully saturated rings. The van der Waals surface area contributed by atoms with Gasteiger partial charge in [-0.1, -0.05) is 12.2 Å². The fourth-order valence-corrected chi connectivity index (χ4v) is 2.20. The Morgan fingerprint density at radius 3 is 2.89 bits per heavy atom. The summed E-state index contributed by atoms with van der Waals surface area (Å²) in [4.78, 5) is 10.9. The summed E-state index contributed by atoms with van der Waals surface area (Å²) >= 11 is 0. The molecule has 1 aliphatic heterocycles. The van der Waals surface area contributed by atoms with Gasteiger partial charge in [0.25, 0.3) is 0 Å². The first-order chi connectivity index (χ1) is 4.38. The van der Waals surface area contributed by atoms with Gasteiger partial charge in [0, 0.05) is 5.92 Å². The first-order valence-electron chi connectivity index (χ1n) is 3.36. The van der Waals surface area contributed by atoms with E-state index in [4.69, 9.17) is 0 Å². The van der Waals surface area contributed by atoms with Crippen LogP contribution in [0, 0.1) is 17.8 Å². The van der Waals surface area contributed by atoms with Gasteiger partial charge < -0.3 is 5.32 Å².